The van der Waals surface area contributed by atoms with Gasteiger partial charge in [-0.05, 0) is 36.3 Å². The van der Waals surface area contributed by atoms with Gasteiger partial charge in [-0.2, -0.15) is 0 Å². The van der Waals surface area contributed by atoms with E-state index >= 15 is 0 Å². The maximum atomic E-state index is 13.6. The van der Waals surface area contributed by atoms with E-state index < -0.39 is 5.82 Å². The first-order valence-corrected chi connectivity index (χ1v) is 8.49. The highest BCUT2D eigenvalue weighted by molar-refractivity contribution is 5.91. The lowest BCUT2D eigenvalue weighted by atomic mass is 9.99. The molecular weight excluding hydrogens is 333 g/mol. The Morgan fingerprint density at radius 2 is 2.15 bits per heavy atom. The zero-order valence-electron chi connectivity index (χ0n) is 14.1. The molecule has 0 aliphatic carbocycles. The molecule has 26 heavy (non-hydrogen) atoms. The standard InChI is InChI=1S/C20H18FN3O2/c21-17-5-1-2-6-18(17)26-13-19(25)24-10-7-14(8-11-24)16-12-23-20-15(16)4-3-9-22-20/h1-7,9,12H,8,10-11,13H2,(H,22,23). The van der Waals surface area contributed by atoms with Gasteiger partial charge in [0.2, 0.25) is 0 Å². The third kappa shape index (κ3) is 3.18. The van der Waals surface area contributed by atoms with Crippen LogP contribution in [0.15, 0.2) is 54.9 Å². The fourth-order valence-corrected chi connectivity index (χ4v) is 3.15. The highest BCUT2D eigenvalue weighted by Gasteiger charge is 2.20. The predicted molar refractivity (Wildman–Crippen MR) is 97.2 cm³/mol. The maximum absolute atomic E-state index is 13.6. The van der Waals surface area contributed by atoms with Gasteiger partial charge < -0.3 is 14.6 Å². The molecule has 3 aromatic rings. The lowest BCUT2D eigenvalue weighted by molar-refractivity contribution is -0.132. The molecule has 1 aliphatic heterocycles. The second-order valence-electron chi connectivity index (χ2n) is 6.14. The summed E-state index contributed by atoms with van der Waals surface area (Å²) in [6, 6.07) is 10.0. The Kier molecular flexibility index (Phi) is 4.39. The Morgan fingerprint density at radius 1 is 1.27 bits per heavy atom. The van der Waals surface area contributed by atoms with Gasteiger partial charge in [0.1, 0.15) is 5.65 Å². The smallest absolute Gasteiger partial charge is 0.260 e. The number of hydrogen-bond acceptors (Lipinski definition) is 3. The lowest BCUT2D eigenvalue weighted by Gasteiger charge is -2.26. The van der Waals surface area contributed by atoms with E-state index in [2.05, 4.69) is 16.0 Å². The quantitative estimate of drug-likeness (QED) is 0.784. The van der Waals surface area contributed by atoms with Gasteiger partial charge in [-0.1, -0.05) is 18.2 Å². The van der Waals surface area contributed by atoms with Crippen molar-refractivity contribution in [2.75, 3.05) is 19.7 Å². The fourth-order valence-electron chi connectivity index (χ4n) is 3.15. The zero-order chi connectivity index (χ0) is 17.9. The minimum atomic E-state index is -0.464. The summed E-state index contributed by atoms with van der Waals surface area (Å²) in [4.78, 5) is 21.5. The number of nitrogens with zero attached hydrogens (tertiary/aromatic N) is 2. The van der Waals surface area contributed by atoms with Crippen molar-refractivity contribution in [1.82, 2.24) is 14.9 Å². The second-order valence-corrected chi connectivity index (χ2v) is 6.14. The minimum absolute atomic E-state index is 0.0976. The number of hydrogen-bond donors (Lipinski definition) is 1. The molecule has 1 amide bonds. The molecule has 3 heterocycles. The molecule has 0 unspecified atom stereocenters. The van der Waals surface area contributed by atoms with Gasteiger partial charge in [0.25, 0.3) is 5.91 Å². The molecule has 2 aromatic heterocycles. The van der Waals surface area contributed by atoms with Crippen molar-refractivity contribution >= 4 is 22.5 Å². The van der Waals surface area contributed by atoms with Gasteiger partial charge in [-0.15, -0.1) is 0 Å². The van der Waals surface area contributed by atoms with Crippen molar-refractivity contribution in [3.8, 4) is 5.75 Å². The average molecular weight is 351 g/mol. The van der Waals surface area contributed by atoms with Crippen molar-refractivity contribution in [3.63, 3.8) is 0 Å². The minimum Gasteiger partial charge on any atom is -0.481 e. The van der Waals surface area contributed by atoms with Crippen molar-refractivity contribution in [3.05, 3.63) is 66.2 Å². The van der Waals surface area contributed by atoms with Crippen LogP contribution in [0.3, 0.4) is 0 Å². The fraction of sp³-hybridized carbons (Fsp3) is 0.200. The number of benzene rings is 1. The molecule has 1 aromatic carbocycles. The van der Waals surface area contributed by atoms with Crippen LogP contribution in [0.25, 0.3) is 16.6 Å². The van der Waals surface area contributed by atoms with Crippen molar-refractivity contribution in [1.29, 1.82) is 0 Å². The van der Waals surface area contributed by atoms with Crippen molar-refractivity contribution in [2.24, 2.45) is 0 Å². The summed E-state index contributed by atoms with van der Waals surface area (Å²) in [7, 11) is 0. The summed E-state index contributed by atoms with van der Waals surface area (Å²) in [6.07, 6.45) is 6.53. The average Bonchev–Trinajstić information content (AvgIpc) is 3.11. The molecule has 0 saturated heterocycles. The summed E-state index contributed by atoms with van der Waals surface area (Å²) < 4.78 is 18.9. The van der Waals surface area contributed by atoms with Crippen LogP contribution in [0.1, 0.15) is 12.0 Å². The first kappa shape index (κ1) is 16.3. The Balaban J connectivity index is 1.41. The molecular formula is C20H18FN3O2. The van der Waals surface area contributed by atoms with Gasteiger partial charge in [0, 0.05) is 36.4 Å². The summed E-state index contributed by atoms with van der Waals surface area (Å²) in [5.74, 6) is -0.515. The zero-order valence-corrected chi connectivity index (χ0v) is 14.1. The molecule has 132 valence electrons. The summed E-state index contributed by atoms with van der Waals surface area (Å²) in [5.41, 5.74) is 3.19. The van der Waals surface area contributed by atoms with Crippen LogP contribution in [0.5, 0.6) is 5.75 Å². The first-order valence-electron chi connectivity index (χ1n) is 8.49. The number of aromatic amines is 1. The van der Waals surface area contributed by atoms with Gasteiger partial charge in [0.05, 0.1) is 0 Å². The summed E-state index contributed by atoms with van der Waals surface area (Å²) >= 11 is 0. The number of amides is 1. The van der Waals surface area contributed by atoms with E-state index in [1.165, 1.54) is 17.7 Å². The molecule has 0 fully saturated rings. The molecule has 5 nitrogen and oxygen atoms in total. The van der Waals surface area contributed by atoms with Crippen LogP contribution >= 0.6 is 0 Å². The summed E-state index contributed by atoms with van der Waals surface area (Å²) in [5, 5.41) is 1.08. The van der Waals surface area contributed by atoms with Crippen molar-refractivity contribution in [2.45, 2.75) is 6.42 Å². The molecule has 4 rings (SSSR count). The van der Waals surface area contributed by atoms with E-state index in [9.17, 15) is 9.18 Å². The molecule has 0 atom stereocenters. The number of pyridine rings is 1. The number of ether oxygens (including phenoxy) is 1. The highest BCUT2D eigenvalue weighted by Crippen LogP contribution is 2.28. The number of halogens is 1. The molecule has 1 aliphatic rings. The Morgan fingerprint density at radius 3 is 2.96 bits per heavy atom. The third-order valence-corrected chi connectivity index (χ3v) is 4.55. The van der Waals surface area contributed by atoms with E-state index in [1.54, 1.807) is 23.2 Å². The molecule has 1 N–H and O–H groups in total. The van der Waals surface area contributed by atoms with Crippen LogP contribution < -0.4 is 4.74 Å². The molecule has 0 radical (unpaired) electrons. The number of carbonyl (C=O) groups is 1. The van der Waals surface area contributed by atoms with Gasteiger partial charge >= 0.3 is 0 Å². The monoisotopic (exact) mass is 351 g/mol. The van der Waals surface area contributed by atoms with E-state index in [0.717, 1.165) is 23.0 Å². The van der Waals surface area contributed by atoms with Gasteiger partial charge in [0.15, 0.2) is 18.2 Å². The van der Waals surface area contributed by atoms with Crippen LogP contribution in [0.4, 0.5) is 4.39 Å². The summed E-state index contributed by atoms with van der Waals surface area (Å²) in [6.45, 7) is 0.959. The number of fused-ring (bicyclic) bond motifs is 1. The number of H-pyrrole nitrogens is 1. The Bertz CT molecular complexity index is 980. The number of aromatic nitrogens is 2. The molecule has 0 bridgehead atoms. The SMILES string of the molecule is O=C(COc1ccccc1F)N1CC=C(c2c[nH]c3ncccc23)CC1. The Hall–Kier alpha value is -3.15. The van der Waals surface area contributed by atoms with Crippen LogP contribution in [-0.2, 0) is 4.79 Å². The third-order valence-electron chi connectivity index (χ3n) is 4.55. The Labute approximate surface area is 150 Å². The van der Waals surface area contributed by atoms with E-state index in [4.69, 9.17) is 4.74 Å². The predicted octanol–water partition coefficient (Wildman–Crippen LogP) is 3.40. The van der Waals surface area contributed by atoms with E-state index in [1.807, 2.05) is 18.3 Å². The maximum Gasteiger partial charge on any atom is 0.260 e. The van der Waals surface area contributed by atoms with Crippen LogP contribution in [-0.4, -0.2) is 40.5 Å². The van der Waals surface area contributed by atoms with Crippen LogP contribution in [0.2, 0.25) is 0 Å². The molecule has 0 spiro atoms. The number of carbonyl (C=O) groups excluding carboxylic acids is 1. The topological polar surface area (TPSA) is 58.2 Å². The highest BCUT2D eigenvalue weighted by atomic mass is 19.1. The number of rotatable bonds is 4. The number of para-hydroxylation sites is 1. The first-order chi connectivity index (χ1) is 12.7. The molecule has 0 saturated carbocycles. The van der Waals surface area contributed by atoms with Gasteiger partial charge in [-0.25, -0.2) is 9.37 Å². The molecule has 6 heteroatoms. The van der Waals surface area contributed by atoms with E-state index in [0.29, 0.717) is 13.1 Å². The number of nitrogens with one attached hydrogen (secondary N) is 1. The van der Waals surface area contributed by atoms with Crippen LogP contribution in [0, 0.1) is 5.82 Å². The normalized spacial score (nSPS) is 14.3. The van der Waals surface area contributed by atoms with Gasteiger partial charge in [-0.3, -0.25) is 4.79 Å². The lowest BCUT2D eigenvalue weighted by Crippen LogP contribution is -2.37. The largest absolute Gasteiger partial charge is 0.481 e. The van der Waals surface area contributed by atoms with Crippen molar-refractivity contribution < 1.29 is 13.9 Å². The van der Waals surface area contributed by atoms with E-state index in [-0.39, 0.29) is 18.3 Å². The second kappa shape index (κ2) is 7.00.